The summed E-state index contributed by atoms with van der Waals surface area (Å²) in [5.74, 6) is 1.97. The molecular weight excluding hydrogens is 388 g/mol. The molecule has 0 radical (unpaired) electrons. The minimum atomic E-state index is -0.226. The van der Waals surface area contributed by atoms with E-state index in [4.69, 9.17) is 9.47 Å². The summed E-state index contributed by atoms with van der Waals surface area (Å²) in [5.41, 5.74) is -0.452. The summed E-state index contributed by atoms with van der Waals surface area (Å²) in [6.45, 7) is 5.64. The lowest BCUT2D eigenvalue weighted by molar-refractivity contribution is -0.121. The van der Waals surface area contributed by atoms with Crippen LogP contribution in [0.25, 0.3) is 0 Å². The molecule has 0 aliphatic heterocycles. The summed E-state index contributed by atoms with van der Waals surface area (Å²) in [5, 5.41) is 6.00. The van der Waals surface area contributed by atoms with Crippen LogP contribution in [0.5, 0.6) is 0 Å². The van der Waals surface area contributed by atoms with Crippen molar-refractivity contribution in [3.8, 4) is 0 Å². The SMILES string of the molecule is COC1(CNC(=O)CSCC(=O)NCC2(OC)CCC(C)CC2)CCC(C)CC1. The Bertz CT molecular complexity index is 481. The maximum Gasteiger partial charge on any atom is 0.230 e. The molecule has 2 N–H and O–H groups in total. The lowest BCUT2D eigenvalue weighted by Gasteiger charge is -2.38. The van der Waals surface area contributed by atoms with Crippen LogP contribution >= 0.6 is 11.8 Å². The Balaban J connectivity index is 1.62. The van der Waals surface area contributed by atoms with Crippen LogP contribution in [-0.4, -0.2) is 61.8 Å². The highest BCUT2D eigenvalue weighted by Gasteiger charge is 2.35. The van der Waals surface area contributed by atoms with Crippen LogP contribution in [-0.2, 0) is 19.1 Å². The topological polar surface area (TPSA) is 76.7 Å². The zero-order valence-corrected chi connectivity index (χ0v) is 19.5. The number of amides is 2. The number of hydrogen-bond acceptors (Lipinski definition) is 5. The second-order valence-corrected chi connectivity index (χ2v) is 10.2. The highest BCUT2D eigenvalue weighted by molar-refractivity contribution is 8.00. The summed E-state index contributed by atoms with van der Waals surface area (Å²) in [7, 11) is 3.47. The van der Waals surface area contributed by atoms with E-state index in [2.05, 4.69) is 24.5 Å². The number of carbonyl (C=O) groups is 2. The third kappa shape index (κ3) is 7.76. The summed E-state index contributed by atoms with van der Waals surface area (Å²) < 4.78 is 11.5. The molecule has 2 saturated carbocycles. The van der Waals surface area contributed by atoms with Crippen molar-refractivity contribution >= 4 is 23.6 Å². The van der Waals surface area contributed by atoms with Crippen molar-refractivity contribution in [2.45, 2.75) is 76.4 Å². The molecule has 0 spiro atoms. The van der Waals surface area contributed by atoms with Crippen molar-refractivity contribution in [3.05, 3.63) is 0 Å². The number of methoxy groups -OCH3 is 2. The van der Waals surface area contributed by atoms with Gasteiger partial charge in [0, 0.05) is 27.3 Å². The first-order valence-corrected chi connectivity index (χ1v) is 12.2. The van der Waals surface area contributed by atoms with Crippen molar-refractivity contribution in [1.29, 1.82) is 0 Å². The normalized spacial score (nSPS) is 32.6. The first kappa shape index (κ1) is 24.5. The van der Waals surface area contributed by atoms with Crippen LogP contribution < -0.4 is 10.6 Å². The van der Waals surface area contributed by atoms with Gasteiger partial charge in [0.25, 0.3) is 0 Å². The zero-order chi connectivity index (χ0) is 21.3. The van der Waals surface area contributed by atoms with Gasteiger partial charge in [-0.3, -0.25) is 9.59 Å². The predicted molar refractivity (Wildman–Crippen MR) is 118 cm³/mol. The molecule has 2 amide bonds. The highest BCUT2D eigenvalue weighted by atomic mass is 32.2. The molecule has 2 aliphatic carbocycles. The fourth-order valence-corrected chi connectivity index (χ4v) is 5.02. The molecule has 0 aromatic heterocycles. The molecule has 0 heterocycles. The second kappa shape index (κ2) is 11.6. The molecule has 0 saturated heterocycles. The fraction of sp³-hybridized carbons (Fsp3) is 0.909. The number of rotatable bonds is 10. The number of thioether (sulfide) groups is 1. The van der Waals surface area contributed by atoms with E-state index in [9.17, 15) is 9.59 Å². The van der Waals surface area contributed by atoms with Gasteiger partial charge in [-0.2, -0.15) is 0 Å². The molecule has 0 bridgehead atoms. The zero-order valence-electron chi connectivity index (χ0n) is 18.7. The average Bonchev–Trinajstić information content (AvgIpc) is 2.74. The molecule has 29 heavy (non-hydrogen) atoms. The molecular formula is C22H40N2O4S. The standard InChI is InChI=1S/C22H40N2O4S/c1-17-5-9-21(27-3,10-6-17)15-23-19(25)13-29-14-20(26)24-16-22(28-4)11-7-18(2)8-12-22/h17-18H,5-16H2,1-4H3,(H,23,25)(H,24,26). The Kier molecular flexibility index (Phi) is 9.76. The van der Waals surface area contributed by atoms with Gasteiger partial charge >= 0.3 is 0 Å². The average molecular weight is 429 g/mol. The van der Waals surface area contributed by atoms with E-state index < -0.39 is 0 Å². The molecule has 0 unspecified atom stereocenters. The molecule has 0 aromatic carbocycles. The van der Waals surface area contributed by atoms with Crippen molar-refractivity contribution in [3.63, 3.8) is 0 Å². The monoisotopic (exact) mass is 428 g/mol. The van der Waals surface area contributed by atoms with E-state index in [1.54, 1.807) is 14.2 Å². The Morgan fingerprint density at radius 3 is 1.45 bits per heavy atom. The van der Waals surface area contributed by atoms with Gasteiger partial charge in [0.05, 0.1) is 22.7 Å². The first-order valence-electron chi connectivity index (χ1n) is 11.0. The quantitative estimate of drug-likeness (QED) is 0.559. The molecule has 2 fully saturated rings. The Morgan fingerprint density at radius 1 is 0.793 bits per heavy atom. The van der Waals surface area contributed by atoms with Gasteiger partial charge < -0.3 is 20.1 Å². The van der Waals surface area contributed by atoms with Gasteiger partial charge in [0.2, 0.25) is 11.8 Å². The van der Waals surface area contributed by atoms with Gasteiger partial charge in [-0.15, -0.1) is 11.8 Å². The van der Waals surface area contributed by atoms with Crippen molar-refractivity contribution in [2.24, 2.45) is 11.8 Å². The lowest BCUT2D eigenvalue weighted by atomic mass is 9.79. The van der Waals surface area contributed by atoms with Crippen LogP contribution in [0.4, 0.5) is 0 Å². The van der Waals surface area contributed by atoms with Gasteiger partial charge in [0.1, 0.15) is 0 Å². The van der Waals surface area contributed by atoms with Crippen LogP contribution in [0.1, 0.15) is 65.2 Å². The minimum Gasteiger partial charge on any atom is -0.376 e. The summed E-state index contributed by atoms with van der Waals surface area (Å²) >= 11 is 1.35. The Morgan fingerprint density at radius 2 is 1.14 bits per heavy atom. The van der Waals surface area contributed by atoms with E-state index in [1.165, 1.54) is 11.8 Å². The molecule has 6 nitrogen and oxygen atoms in total. The van der Waals surface area contributed by atoms with Crippen LogP contribution in [0.15, 0.2) is 0 Å². The molecule has 2 aliphatic rings. The molecule has 7 heteroatoms. The third-order valence-electron chi connectivity index (χ3n) is 6.92. The fourth-order valence-electron chi connectivity index (χ4n) is 4.34. The van der Waals surface area contributed by atoms with Crippen molar-refractivity contribution in [1.82, 2.24) is 10.6 Å². The number of nitrogens with one attached hydrogen (secondary N) is 2. The third-order valence-corrected chi connectivity index (χ3v) is 7.85. The van der Waals surface area contributed by atoms with Gasteiger partial charge in [-0.25, -0.2) is 0 Å². The van der Waals surface area contributed by atoms with Crippen LogP contribution in [0.2, 0.25) is 0 Å². The first-order chi connectivity index (χ1) is 13.8. The smallest absolute Gasteiger partial charge is 0.230 e. The molecule has 168 valence electrons. The molecule has 0 atom stereocenters. The Labute approximate surface area is 180 Å². The van der Waals surface area contributed by atoms with E-state index >= 15 is 0 Å². The largest absolute Gasteiger partial charge is 0.376 e. The number of ether oxygens (including phenoxy) is 2. The summed E-state index contributed by atoms with van der Waals surface area (Å²) in [6, 6.07) is 0. The van der Waals surface area contributed by atoms with E-state index in [0.717, 1.165) is 63.2 Å². The Hall–Kier alpha value is -0.790. The second-order valence-electron chi connectivity index (χ2n) is 9.19. The number of carbonyl (C=O) groups excluding carboxylic acids is 2. The number of hydrogen-bond donors (Lipinski definition) is 2. The van der Waals surface area contributed by atoms with Crippen LogP contribution in [0, 0.1) is 11.8 Å². The van der Waals surface area contributed by atoms with Crippen LogP contribution in [0.3, 0.4) is 0 Å². The minimum absolute atomic E-state index is 0.0347. The van der Waals surface area contributed by atoms with Crippen molar-refractivity contribution < 1.29 is 19.1 Å². The maximum atomic E-state index is 12.2. The van der Waals surface area contributed by atoms with Crippen molar-refractivity contribution in [2.75, 3.05) is 38.8 Å². The highest BCUT2D eigenvalue weighted by Crippen LogP contribution is 2.34. The maximum absolute atomic E-state index is 12.2. The van der Waals surface area contributed by atoms with Gasteiger partial charge in [-0.1, -0.05) is 13.8 Å². The summed E-state index contributed by atoms with van der Waals surface area (Å²) in [4.78, 5) is 24.4. The summed E-state index contributed by atoms with van der Waals surface area (Å²) in [6.07, 6.45) is 8.50. The molecule has 0 aromatic rings. The predicted octanol–water partition coefficient (Wildman–Crippen LogP) is 3.14. The van der Waals surface area contributed by atoms with E-state index in [1.807, 2.05) is 0 Å². The van der Waals surface area contributed by atoms with E-state index in [-0.39, 0.29) is 34.5 Å². The lowest BCUT2D eigenvalue weighted by Crippen LogP contribution is -2.47. The van der Waals surface area contributed by atoms with E-state index in [0.29, 0.717) is 13.1 Å². The van der Waals surface area contributed by atoms with Gasteiger partial charge in [-0.05, 0) is 63.2 Å². The molecule has 2 rings (SSSR count). The van der Waals surface area contributed by atoms with Gasteiger partial charge in [0.15, 0.2) is 0 Å².